The van der Waals surface area contributed by atoms with Crippen LogP contribution in [0.1, 0.15) is 18.4 Å². The lowest BCUT2D eigenvalue weighted by atomic mass is 10.1. The number of carbonyl (C=O) groups is 1. The van der Waals surface area contributed by atoms with Crippen molar-refractivity contribution in [3.8, 4) is 0 Å². The number of rotatable bonds is 3. The van der Waals surface area contributed by atoms with Gasteiger partial charge in [-0.1, -0.05) is 12.1 Å². The first kappa shape index (κ1) is 18.4. The van der Waals surface area contributed by atoms with E-state index in [0.29, 0.717) is 0 Å². The number of aromatic nitrogens is 1. The topological polar surface area (TPSA) is 66.4 Å². The predicted octanol–water partition coefficient (Wildman–Crippen LogP) is 2.28. The van der Waals surface area contributed by atoms with Crippen LogP contribution in [0, 0.1) is 0 Å². The first-order valence-corrected chi connectivity index (χ1v) is 6.74. The molecule has 2 heterocycles. The SMILES string of the molecule is Cl.Cl.O=C(NN=Cc1ccc2ncccc2c1)C1CCCN1. The van der Waals surface area contributed by atoms with Crippen LogP contribution in [0.2, 0.25) is 0 Å². The molecule has 0 bridgehead atoms. The molecule has 1 amide bonds. The summed E-state index contributed by atoms with van der Waals surface area (Å²) in [6.45, 7) is 0.902. The van der Waals surface area contributed by atoms with Crippen LogP contribution in [-0.2, 0) is 4.79 Å². The molecule has 0 saturated carbocycles. The minimum atomic E-state index is -0.104. The first-order chi connectivity index (χ1) is 9.83. The lowest BCUT2D eigenvalue weighted by Gasteiger charge is -2.06. The van der Waals surface area contributed by atoms with Crippen molar-refractivity contribution in [2.24, 2.45) is 5.10 Å². The smallest absolute Gasteiger partial charge is 0.257 e. The molecule has 2 aromatic rings. The van der Waals surface area contributed by atoms with Crippen molar-refractivity contribution in [2.45, 2.75) is 18.9 Å². The van der Waals surface area contributed by atoms with E-state index in [0.717, 1.165) is 35.9 Å². The molecular formula is C15H18Cl2N4O. The van der Waals surface area contributed by atoms with E-state index < -0.39 is 0 Å². The third-order valence-electron chi connectivity index (χ3n) is 3.39. The molecule has 1 atom stereocenters. The summed E-state index contributed by atoms with van der Waals surface area (Å²) in [4.78, 5) is 16.0. The van der Waals surface area contributed by atoms with Crippen molar-refractivity contribution < 1.29 is 4.79 Å². The van der Waals surface area contributed by atoms with E-state index in [1.165, 1.54) is 0 Å². The van der Waals surface area contributed by atoms with Gasteiger partial charge in [-0.3, -0.25) is 9.78 Å². The standard InChI is InChI=1S/C15H16N4O.2ClH/c20-15(14-4-2-8-17-14)19-18-10-11-5-6-13-12(9-11)3-1-7-16-13;;/h1,3,5-7,9-10,14,17H,2,4,8H2,(H,19,20);2*1H. The highest BCUT2D eigenvalue weighted by molar-refractivity contribution is 5.89. The predicted molar refractivity (Wildman–Crippen MR) is 93.0 cm³/mol. The monoisotopic (exact) mass is 340 g/mol. The molecule has 22 heavy (non-hydrogen) atoms. The van der Waals surface area contributed by atoms with Crippen molar-refractivity contribution in [1.82, 2.24) is 15.7 Å². The lowest BCUT2D eigenvalue weighted by molar-refractivity contribution is -0.122. The van der Waals surface area contributed by atoms with Gasteiger partial charge < -0.3 is 5.32 Å². The second-order valence-corrected chi connectivity index (χ2v) is 4.84. The zero-order chi connectivity index (χ0) is 13.8. The number of nitrogens with one attached hydrogen (secondary N) is 2. The van der Waals surface area contributed by atoms with Crippen molar-refractivity contribution in [3.05, 3.63) is 42.1 Å². The van der Waals surface area contributed by atoms with Crippen molar-refractivity contribution in [2.75, 3.05) is 6.54 Å². The van der Waals surface area contributed by atoms with E-state index in [4.69, 9.17) is 0 Å². The van der Waals surface area contributed by atoms with E-state index in [1.54, 1.807) is 12.4 Å². The number of pyridine rings is 1. The summed E-state index contributed by atoms with van der Waals surface area (Å²) in [5.41, 5.74) is 4.46. The summed E-state index contributed by atoms with van der Waals surface area (Å²) >= 11 is 0. The quantitative estimate of drug-likeness (QED) is 0.665. The van der Waals surface area contributed by atoms with Crippen LogP contribution >= 0.6 is 24.8 Å². The third-order valence-corrected chi connectivity index (χ3v) is 3.39. The number of benzene rings is 1. The van der Waals surface area contributed by atoms with Gasteiger partial charge in [0, 0.05) is 11.6 Å². The summed E-state index contributed by atoms with van der Waals surface area (Å²) in [6.07, 6.45) is 5.34. The maximum Gasteiger partial charge on any atom is 0.257 e. The highest BCUT2D eigenvalue weighted by Gasteiger charge is 2.21. The molecule has 1 aromatic heterocycles. The molecule has 7 heteroatoms. The number of hydrogen-bond acceptors (Lipinski definition) is 4. The van der Waals surface area contributed by atoms with Gasteiger partial charge in [0.25, 0.3) is 5.91 Å². The molecule has 2 N–H and O–H groups in total. The Balaban J connectivity index is 0.00000121. The van der Waals surface area contributed by atoms with Gasteiger partial charge in [0.2, 0.25) is 0 Å². The Kier molecular flexibility index (Phi) is 7.24. The fourth-order valence-corrected chi connectivity index (χ4v) is 2.33. The first-order valence-electron chi connectivity index (χ1n) is 6.74. The molecule has 1 fully saturated rings. The Labute approximate surface area is 141 Å². The Bertz CT molecular complexity index is 657. The Morgan fingerprint density at radius 3 is 3.00 bits per heavy atom. The molecule has 1 aliphatic heterocycles. The minimum Gasteiger partial charge on any atom is -0.306 e. The molecular weight excluding hydrogens is 323 g/mol. The summed E-state index contributed by atoms with van der Waals surface area (Å²) in [5.74, 6) is -0.0683. The van der Waals surface area contributed by atoms with Crippen molar-refractivity contribution in [3.63, 3.8) is 0 Å². The summed E-state index contributed by atoms with van der Waals surface area (Å²) in [5, 5.41) is 8.20. The number of hydrazone groups is 1. The van der Waals surface area contributed by atoms with Gasteiger partial charge in [0.15, 0.2) is 0 Å². The maximum atomic E-state index is 11.8. The number of hydrogen-bond donors (Lipinski definition) is 2. The number of nitrogens with zero attached hydrogens (tertiary/aromatic N) is 2. The Morgan fingerprint density at radius 1 is 1.36 bits per heavy atom. The van der Waals surface area contributed by atoms with E-state index in [1.807, 2.05) is 30.3 Å². The molecule has 0 radical (unpaired) electrons. The highest BCUT2D eigenvalue weighted by atomic mass is 35.5. The van der Waals surface area contributed by atoms with Gasteiger partial charge in [0.05, 0.1) is 17.8 Å². The highest BCUT2D eigenvalue weighted by Crippen LogP contribution is 2.11. The second kappa shape index (κ2) is 8.68. The van der Waals surface area contributed by atoms with Gasteiger partial charge in [-0.15, -0.1) is 24.8 Å². The van der Waals surface area contributed by atoms with Crippen molar-refractivity contribution >= 4 is 47.8 Å². The number of carbonyl (C=O) groups excluding carboxylic acids is 1. The largest absolute Gasteiger partial charge is 0.306 e. The average Bonchev–Trinajstić information content (AvgIpc) is 3.01. The third kappa shape index (κ3) is 4.40. The molecule has 1 aliphatic rings. The molecule has 0 spiro atoms. The van der Waals surface area contributed by atoms with E-state index >= 15 is 0 Å². The second-order valence-electron chi connectivity index (χ2n) is 4.84. The zero-order valence-electron chi connectivity index (χ0n) is 11.9. The summed E-state index contributed by atoms with van der Waals surface area (Å²) < 4.78 is 0. The van der Waals surface area contributed by atoms with Crippen molar-refractivity contribution in [1.29, 1.82) is 0 Å². The number of amides is 1. The van der Waals surface area contributed by atoms with Crippen LogP contribution in [0.25, 0.3) is 10.9 Å². The van der Waals surface area contributed by atoms with Crippen LogP contribution < -0.4 is 10.7 Å². The fraction of sp³-hybridized carbons (Fsp3) is 0.267. The van der Waals surface area contributed by atoms with Gasteiger partial charge in [0.1, 0.15) is 0 Å². The molecule has 1 saturated heterocycles. The summed E-state index contributed by atoms with van der Waals surface area (Å²) in [6, 6.07) is 9.66. The zero-order valence-corrected chi connectivity index (χ0v) is 13.5. The lowest BCUT2D eigenvalue weighted by Crippen LogP contribution is -2.38. The number of fused-ring (bicyclic) bond motifs is 1. The average molecular weight is 341 g/mol. The van der Waals surface area contributed by atoms with Crippen LogP contribution in [0.3, 0.4) is 0 Å². The molecule has 3 rings (SSSR count). The minimum absolute atomic E-state index is 0. The van der Waals surface area contributed by atoms with E-state index in [9.17, 15) is 4.79 Å². The molecule has 1 unspecified atom stereocenters. The normalized spacial score (nSPS) is 17.0. The maximum absolute atomic E-state index is 11.8. The Hall–Kier alpha value is -1.69. The van der Waals surface area contributed by atoms with Gasteiger partial charge >= 0.3 is 0 Å². The van der Waals surface area contributed by atoms with Gasteiger partial charge in [-0.05, 0) is 43.1 Å². The molecule has 118 valence electrons. The summed E-state index contributed by atoms with van der Waals surface area (Å²) in [7, 11) is 0. The molecule has 1 aromatic carbocycles. The fourth-order valence-electron chi connectivity index (χ4n) is 2.33. The van der Waals surface area contributed by atoms with Crippen LogP contribution in [0.5, 0.6) is 0 Å². The number of halogens is 2. The van der Waals surface area contributed by atoms with Gasteiger partial charge in [-0.2, -0.15) is 5.10 Å². The van der Waals surface area contributed by atoms with E-state index in [2.05, 4.69) is 20.8 Å². The Morgan fingerprint density at radius 2 is 2.23 bits per heavy atom. The van der Waals surface area contributed by atoms with E-state index in [-0.39, 0.29) is 36.8 Å². The van der Waals surface area contributed by atoms with Crippen LogP contribution in [0.15, 0.2) is 41.6 Å². The molecule has 5 nitrogen and oxygen atoms in total. The van der Waals surface area contributed by atoms with Gasteiger partial charge in [-0.25, -0.2) is 5.43 Å². The van der Waals surface area contributed by atoms with Crippen LogP contribution in [-0.4, -0.2) is 29.7 Å². The molecule has 0 aliphatic carbocycles. The van der Waals surface area contributed by atoms with Crippen LogP contribution in [0.4, 0.5) is 0 Å².